The Morgan fingerprint density at radius 1 is 0.970 bits per heavy atom. The molecule has 1 aliphatic heterocycles. The number of imide groups is 1. The highest BCUT2D eigenvalue weighted by molar-refractivity contribution is 7.89. The Kier molecular flexibility index (Phi) is 6.62. The van der Waals surface area contributed by atoms with Gasteiger partial charge in [-0.05, 0) is 42.7 Å². The van der Waals surface area contributed by atoms with E-state index in [2.05, 4.69) is 0 Å². The normalized spacial score (nSPS) is 19.7. The van der Waals surface area contributed by atoms with Gasteiger partial charge in [-0.1, -0.05) is 49.6 Å². The Labute approximate surface area is 193 Å². The van der Waals surface area contributed by atoms with Gasteiger partial charge in [-0.2, -0.15) is 0 Å². The number of carbonyl (C=O) groups is 3. The molecule has 2 N–H and O–H groups in total. The maximum absolute atomic E-state index is 13.5. The maximum Gasteiger partial charge on any atom is 0.257 e. The lowest BCUT2D eigenvalue weighted by Gasteiger charge is -2.32. The second-order valence-corrected chi connectivity index (χ2v) is 10.2. The number of nitrogens with two attached hydrogens (primary N) is 1. The number of benzene rings is 2. The summed E-state index contributed by atoms with van der Waals surface area (Å²) in [5, 5.41) is 5.13. The Balaban J connectivity index is 1.62. The zero-order chi connectivity index (χ0) is 23.6. The van der Waals surface area contributed by atoms with Crippen LogP contribution >= 0.6 is 0 Å². The van der Waals surface area contributed by atoms with Gasteiger partial charge in [0, 0.05) is 12.5 Å². The van der Waals surface area contributed by atoms with Crippen LogP contribution < -0.4 is 10.0 Å². The number of amides is 3. The molecule has 4 rings (SSSR count). The van der Waals surface area contributed by atoms with E-state index in [1.165, 1.54) is 24.3 Å². The van der Waals surface area contributed by atoms with Gasteiger partial charge in [0.2, 0.25) is 21.8 Å². The van der Waals surface area contributed by atoms with Crippen molar-refractivity contribution in [1.29, 1.82) is 0 Å². The van der Waals surface area contributed by atoms with Crippen molar-refractivity contribution in [2.45, 2.75) is 56.0 Å². The molecule has 1 saturated carbocycles. The summed E-state index contributed by atoms with van der Waals surface area (Å²) in [6.45, 7) is 0.248. The SMILES string of the molecule is NS(=O)(=O)c1ccc(N2C(=O)CC(N(Cc3ccccc3)C(=O)C3CCCCC3)C2=O)cc1. The minimum atomic E-state index is -3.89. The summed E-state index contributed by atoms with van der Waals surface area (Å²) in [5.41, 5.74) is 1.14. The van der Waals surface area contributed by atoms with Crippen LogP contribution in [-0.2, 0) is 31.0 Å². The van der Waals surface area contributed by atoms with E-state index in [-0.39, 0.29) is 35.4 Å². The van der Waals surface area contributed by atoms with Crippen LogP contribution in [0.4, 0.5) is 5.69 Å². The summed E-state index contributed by atoms with van der Waals surface area (Å²) in [4.78, 5) is 42.2. The highest BCUT2D eigenvalue weighted by Gasteiger charge is 2.45. The molecule has 2 aromatic rings. The molecule has 0 bridgehead atoms. The summed E-state index contributed by atoms with van der Waals surface area (Å²) in [6, 6.07) is 13.8. The molecule has 2 aromatic carbocycles. The van der Waals surface area contributed by atoms with E-state index in [0.717, 1.165) is 42.6 Å². The largest absolute Gasteiger partial charge is 0.326 e. The van der Waals surface area contributed by atoms with Crippen molar-refractivity contribution in [2.75, 3.05) is 4.90 Å². The third-order valence-electron chi connectivity index (χ3n) is 6.36. The summed E-state index contributed by atoms with van der Waals surface area (Å²) < 4.78 is 23.0. The predicted molar refractivity (Wildman–Crippen MR) is 122 cm³/mol. The number of sulfonamides is 1. The third kappa shape index (κ3) is 4.99. The van der Waals surface area contributed by atoms with E-state index in [1.54, 1.807) is 4.90 Å². The number of nitrogens with zero attached hydrogens (tertiary/aromatic N) is 2. The minimum Gasteiger partial charge on any atom is -0.326 e. The second-order valence-electron chi connectivity index (χ2n) is 8.61. The van der Waals surface area contributed by atoms with Gasteiger partial charge in [0.25, 0.3) is 5.91 Å². The molecule has 9 heteroatoms. The van der Waals surface area contributed by atoms with Crippen molar-refractivity contribution in [3.8, 4) is 0 Å². The van der Waals surface area contributed by atoms with Crippen LogP contribution in [0.2, 0.25) is 0 Å². The first-order valence-corrected chi connectivity index (χ1v) is 12.6. The Morgan fingerprint density at radius 2 is 1.61 bits per heavy atom. The highest BCUT2D eigenvalue weighted by atomic mass is 32.2. The van der Waals surface area contributed by atoms with Gasteiger partial charge < -0.3 is 4.90 Å². The molecule has 2 aliphatic rings. The van der Waals surface area contributed by atoms with Crippen molar-refractivity contribution < 1.29 is 22.8 Å². The fourth-order valence-corrected chi connectivity index (χ4v) is 5.14. The highest BCUT2D eigenvalue weighted by Crippen LogP contribution is 2.31. The van der Waals surface area contributed by atoms with E-state index in [1.807, 2.05) is 30.3 Å². The summed E-state index contributed by atoms with van der Waals surface area (Å²) in [6.07, 6.45) is 4.54. The van der Waals surface area contributed by atoms with Gasteiger partial charge in [-0.25, -0.2) is 18.5 Å². The first kappa shape index (κ1) is 23.1. The molecule has 3 amide bonds. The standard InChI is InChI=1S/C24H27N3O5S/c25-33(31,32)20-13-11-19(12-14-20)27-22(28)15-21(24(27)30)26(16-17-7-3-1-4-8-17)23(29)18-9-5-2-6-10-18/h1,3-4,7-8,11-14,18,21H,2,5-6,9-10,15-16H2,(H2,25,31,32). The summed E-state index contributed by atoms with van der Waals surface area (Å²) in [7, 11) is -3.89. The van der Waals surface area contributed by atoms with Crippen LogP contribution in [0.5, 0.6) is 0 Å². The summed E-state index contributed by atoms with van der Waals surface area (Å²) >= 11 is 0. The lowest BCUT2D eigenvalue weighted by atomic mass is 9.87. The molecule has 1 saturated heterocycles. The van der Waals surface area contributed by atoms with Crippen LogP contribution in [0.3, 0.4) is 0 Å². The van der Waals surface area contributed by atoms with Crippen molar-refractivity contribution in [1.82, 2.24) is 4.90 Å². The predicted octanol–water partition coefficient (Wildman–Crippen LogP) is 2.58. The molecule has 1 unspecified atom stereocenters. The Bertz CT molecular complexity index is 1140. The summed E-state index contributed by atoms with van der Waals surface area (Å²) in [5.74, 6) is -1.14. The van der Waals surface area contributed by atoms with Crippen molar-refractivity contribution in [3.63, 3.8) is 0 Å². The zero-order valence-corrected chi connectivity index (χ0v) is 19.0. The number of primary sulfonamides is 1. The van der Waals surface area contributed by atoms with Crippen LogP contribution in [0.15, 0.2) is 59.5 Å². The zero-order valence-electron chi connectivity index (χ0n) is 18.2. The number of hydrogen-bond acceptors (Lipinski definition) is 5. The van der Waals surface area contributed by atoms with E-state index in [9.17, 15) is 22.8 Å². The first-order chi connectivity index (χ1) is 15.8. The number of rotatable bonds is 6. The van der Waals surface area contributed by atoms with Crippen LogP contribution in [0, 0.1) is 5.92 Å². The monoisotopic (exact) mass is 469 g/mol. The van der Waals surface area contributed by atoms with Gasteiger partial charge in [0.05, 0.1) is 17.0 Å². The van der Waals surface area contributed by atoms with Crippen molar-refractivity contribution >= 4 is 33.4 Å². The van der Waals surface area contributed by atoms with Crippen LogP contribution in [-0.4, -0.2) is 37.1 Å². The van der Waals surface area contributed by atoms with Gasteiger partial charge >= 0.3 is 0 Å². The van der Waals surface area contributed by atoms with Gasteiger partial charge in [0.15, 0.2) is 0 Å². The third-order valence-corrected chi connectivity index (χ3v) is 7.28. The first-order valence-electron chi connectivity index (χ1n) is 11.1. The van der Waals surface area contributed by atoms with Crippen molar-refractivity contribution in [3.05, 3.63) is 60.2 Å². The lowest BCUT2D eigenvalue weighted by molar-refractivity contribution is -0.143. The number of hydrogen-bond donors (Lipinski definition) is 1. The fraction of sp³-hybridized carbons (Fsp3) is 0.375. The number of carbonyl (C=O) groups excluding carboxylic acids is 3. The Morgan fingerprint density at radius 3 is 2.21 bits per heavy atom. The van der Waals surface area contributed by atoms with Gasteiger partial charge in [0.1, 0.15) is 6.04 Å². The van der Waals surface area contributed by atoms with E-state index >= 15 is 0 Å². The molecule has 33 heavy (non-hydrogen) atoms. The minimum absolute atomic E-state index is 0.0869. The van der Waals surface area contributed by atoms with Crippen LogP contribution in [0.1, 0.15) is 44.1 Å². The molecular formula is C24H27N3O5S. The average Bonchev–Trinajstić information content (AvgIpc) is 3.11. The van der Waals surface area contributed by atoms with E-state index < -0.39 is 27.9 Å². The molecular weight excluding hydrogens is 442 g/mol. The number of anilines is 1. The topological polar surface area (TPSA) is 118 Å². The molecule has 174 valence electrons. The fourth-order valence-electron chi connectivity index (χ4n) is 4.62. The van der Waals surface area contributed by atoms with Gasteiger partial charge in [-0.15, -0.1) is 0 Å². The molecule has 1 aliphatic carbocycles. The molecule has 0 radical (unpaired) electrons. The smallest absolute Gasteiger partial charge is 0.257 e. The maximum atomic E-state index is 13.5. The lowest BCUT2D eigenvalue weighted by Crippen LogP contribution is -2.47. The quantitative estimate of drug-likeness (QED) is 0.653. The molecule has 1 atom stereocenters. The molecule has 0 spiro atoms. The van der Waals surface area contributed by atoms with Crippen LogP contribution in [0.25, 0.3) is 0 Å². The average molecular weight is 470 g/mol. The molecule has 8 nitrogen and oxygen atoms in total. The van der Waals surface area contributed by atoms with E-state index in [0.29, 0.717) is 0 Å². The van der Waals surface area contributed by atoms with E-state index in [4.69, 9.17) is 5.14 Å². The second kappa shape index (κ2) is 9.44. The molecule has 0 aromatic heterocycles. The van der Waals surface area contributed by atoms with Gasteiger partial charge in [-0.3, -0.25) is 14.4 Å². The van der Waals surface area contributed by atoms with Crippen molar-refractivity contribution in [2.24, 2.45) is 11.1 Å². The molecule has 1 heterocycles. The molecule has 2 fully saturated rings. The Hall–Kier alpha value is -3.04.